The van der Waals surface area contributed by atoms with E-state index in [2.05, 4.69) is 25.3 Å². The molecule has 2 N–H and O–H groups in total. The number of rotatable bonds is 4. The molecule has 10 heteroatoms. The minimum atomic E-state index is -0.868. The molecule has 0 saturated carbocycles. The van der Waals surface area contributed by atoms with Gasteiger partial charge in [0.2, 0.25) is 5.91 Å². The highest BCUT2D eigenvalue weighted by molar-refractivity contribution is 6.06. The Labute approximate surface area is 202 Å². The Kier molecular flexibility index (Phi) is 4.58. The minimum absolute atomic E-state index is 0.0927. The zero-order valence-corrected chi connectivity index (χ0v) is 20.1. The molecule has 10 nitrogen and oxygen atoms in total. The molecule has 5 heterocycles. The predicted molar refractivity (Wildman–Crippen MR) is 130 cm³/mol. The molecule has 0 radical (unpaired) electrons. The predicted octanol–water partition coefficient (Wildman–Crippen LogP) is 2.51. The van der Waals surface area contributed by atoms with E-state index in [-0.39, 0.29) is 5.91 Å². The maximum absolute atomic E-state index is 13.0. The van der Waals surface area contributed by atoms with E-state index < -0.39 is 11.1 Å². The number of aryl methyl sites for hydroxylation is 2. The fourth-order valence-electron chi connectivity index (χ4n) is 5.15. The van der Waals surface area contributed by atoms with Crippen LogP contribution in [-0.4, -0.2) is 64.1 Å². The number of benzene rings is 1. The number of nitrogens with one attached hydrogen (secondary N) is 1. The van der Waals surface area contributed by atoms with Gasteiger partial charge in [-0.15, -0.1) is 0 Å². The normalized spacial score (nSPS) is 21.1. The van der Waals surface area contributed by atoms with Crippen molar-refractivity contribution in [2.24, 2.45) is 0 Å². The zero-order chi connectivity index (χ0) is 24.5. The van der Waals surface area contributed by atoms with E-state index in [1.54, 1.807) is 25.6 Å². The van der Waals surface area contributed by atoms with E-state index in [0.29, 0.717) is 36.7 Å². The smallest absolute Gasteiger partial charge is 0.249 e. The Morgan fingerprint density at radius 1 is 1.09 bits per heavy atom. The average Bonchev–Trinajstić information content (AvgIpc) is 3.32. The third kappa shape index (κ3) is 3.17. The number of aromatic nitrogens is 6. The number of imidazole rings is 1. The third-order valence-corrected chi connectivity index (χ3v) is 7.09. The van der Waals surface area contributed by atoms with Gasteiger partial charge in [0.05, 0.1) is 11.2 Å². The lowest BCUT2D eigenvalue weighted by atomic mass is 9.83. The molecule has 0 spiro atoms. The van der Waals surface area contributed by atoms with Crippen molar-refractivity contribution in [2.45, 2.75) is 45.4 Å². The van der Waals surface area contributed by atoms with Crippen molar-refractivity contribution >= 4 is 22.8 Å². The summed E-state index contributed by atoms with van der Waals surface area (Å²) in [4.78, 5) is 37.7. The number of hydrogen-bond donors (Lipinski definition) is 2. The Balaban J connectivity index is 1.49. The molecular weight excluding hydrogens is 444 g/mol. The van der Waals surface area contributed by atoms with Gasteiger partial charge in [0, 0.05) is 48.8 Å². The van der Waals surface area contributed by atoms with Gasteiger partial charge in [-0.25, -0.2) is 24.9 Å². The molecule has 35 heavy (non-hydrogen) atoms. The van der Waals surface area contributed by atoms with Gasteiger partial charge in [0.1, 0.15) is 34.7 Å². The fraction of sp³-hybridized carbons (Fsp3) is 0.360. The summed E-state index contributed by atoms with van der Waals surface area (Å²) in [5.74, 6) is 1.33. The maximum atomic E-state index is 13.0. The lowest BCUT2D eigenvalue weighted by molar-refractivity contribution is -0.151. The van der Waals surface area contributed by atoms with Gasteiger partial charge in [-0.1, -0.05) is 6.07 Å². The first-order valence-corrected chi connectivity index (χ1v) is 11.7. The minimum Gasteiger partial charge on any atom is -0.388 e. The number of hydrogen-bond acceptors (Lipinski definition) is 8. The molecule has 1 saturated heterocycles. The average molecular weight is 471 g/mol. The number of amides is 1. The van der Waals surface area contributed by atoms with Gasteiger partial charge in [-0.3, -0.25) is 9.69 Å². The molecule has 1 aromatic carbocycles. The Hall–Kier alpha value is -3.76. The molecule has 2 aliphatic rings. The Bertz CT molecular complexity index is 1490. The van der Waals surface area contributed by atoms with Gasteiger partial charge in [0.25, 0.3) is 0 Å². The Morgan fingerprint density at radius 3 is 2.51 bits per heavy atom. The second-order valence-corrected chi connectivity index (χ2v) is 9.73. The number of carbonyl (C=O) groups excluding carboxylic acids is 1. The van der Waals surface area contributed by atoms with Crippen LogP contribution in [0, 0.1) is 6.92 Å². The molecule has 1 fully saturated rings. The summed E-state index contributed by atoms with van der Waals surface area (Å²) < 4.78 is 2.03. The van der Waals surface area contributed by atoms with Crippen molar-refractivity contribution in [1.82, 2.24) is 34.4 Å². The van der Waals surface area contributed by atoms with Gasteiger partial charge in [-0.2, -0.15) is 0 Å². The number of aliphatic hydroxyl groups is 1. The first-order chi connectivity index (χ1) is 16.7. The number of nitrogens with zero attached hydrogens (tertiary/aromatic N) is 7. The van der Waals surface area contributed by atoms with Gasteiger partial charge in [-0.05, 0) is 39.8 Å². The van der Waals surface area contributed by atoms with E-state index in [9.17, 15) is 9.90 Å². The zero-order valence-electron chi connectivity index (χ0n) is 20.1. The molecule has 0 aliphatic carbocycles. The van der Waals surface area contributed by atoms with Crippen LogP contribution in [0.15, 0.2) is 36.9 Å². The van der Waals surface area contributed by atoms with Gasteiger partial charge >= 0.3 is 0 Å². The molecule has 1 atom stereocenters. The van der Waals surface area contributed by atoms with E-state index >= 15 is 0 Å². The highest BCUT2D eigenvalue weighted by Crippen LogP contribution is 2.45. The number of β-amino-alcohol motifs (C(OH)–C–C–N with tert-alkyl or cyclic N) is 1. The highest BCUT2D eigenvalue weighted by atomic mass is 16.3. The molecule has 2 aliphatic heterocycles. The van der Waals surface area contributed by atoms with Crippen molar-refractivity contribution < 1.29 is 9.90 Å². The van der Waals surface area contributed by atoms with Crippen molar-refractivity contribution in [2.75, 3.05) is 18.4 Å². The number of fused-ring (bicyclic) bond motifs is 2. The van der Waals surface area contributed by atoms with Crippen LogP contribution in [0.4, 0.5) is 5.69 Å². The van der Waals surface area contributed by atoms with Crippen LogP contribution >= 0.6 is 0 Å². The molecule has 1 amide bonds. The van der Waals surface area contributed by atoms with Crippen molar-refractivity contribution in [3.63, 3.8) is 0 Å². The molecule has 3 aromatic heterocycles. The Morgan fingerprint density at radius 2 is 1.83 bits per heavy atom. The van der Waals surface area contributed by atoms with Crippen LogP contribution in [0.5, 0.6) is 0 Å². The highest BCUT2D eigenvalue weighted by Gasteiger charge is 2.54. The second-order valence-electron chi connectivity index (χ2n) is 9.73. The van der Waals surface area contributed by atoms with Crippen LogP contribution in [0.1, 0.15) is 32.2 Å². The number of carbonyl (C=O) groups is 1. The van der Waals surface area contributed by atoms with Crippen molar-refractivity contribution in [3.8, 4) is 22.6 Å². The molecule has 0 unspecified atom stereocenters. The maximum Gasteiger partial charge on any atom is 0.249 e. The van der Waals surface area contributed by atoms with Crippen LogP contribution in [0.3, 0.4) is 0 Å². The van der Waals surface area contributed by atoms with E-state index in [0.717, 1.165) is 33.8 Å². The van der Waals surface area contributed by atoms with Crippen molar-refractivity contribution in [3.05, 3.63) is 48.3 Å². The largest absolute Gasteiger partial charge is 0.388 e. The summed E-state index contributed by atoms with van der Waals surface area (Å²) in [6.45, 7) is 9.12. The van der Waals surface area contributed by atoms with Gasteiger partial charge in [0.15, 0.2) is 5.65 Å². The summed E-state index contributed by atoms with van der Waals surface area (Å²) in [6.07, 6.45) is 5.08. The summed E-state index contributed by atoms with van der Waals surface area (Å²) in [7, 11) is 0. The monoisotopic (exact) mass is 470 g/mol. The quantitative estimate of drug-likeness (QED) is 0.467. The van der Waals surface area contributed by atoms with Crippen molar-refractivity contribution in [1.29, 1.82) is 0 Å². The fourth-order valence-corrected chi connectivity index (χ4v) is 5.15. The summed E-state index contributed by atoms with van der Waals surface area (Å²) in [6, 6.07) is 5.85. The van der Waals surface area contributed by atoms with Crippen LogP contribution < -0.4 is 5.32 Å². The standard InChI is InChI=1S/C25H26N8O2/c1-5-33-21(16-9-26-14(2)27-10-16)31-20-19(28-13-29-22(20)33)15-6-7-18-17(8-15)25(4,23(34)30-18)32-11-24(3,35)12-32/h6-10,13,35H,5,11-12H2,1-4H3,(H,30,34)/t25-/m1/s1. The summed E-state index contributed by atoms with van der Waals surface area (Å²) >= 11 is 0. The lowest BCUT2D eigenvalue weighted by Crippen LogP contribution is -2.67. The van der Waals surface area contributed by atoms with E-state index in [4.69, 9.17) is 4.98 Å². The number of anilines is 1. The van der Waals surface area contributed by atoms with Gasteiger partial charge < -0.3 is 15.0 Å². The summed E-state index contributed by atoms with van der Waals surface area (Å²) in [5, 5.41) is 13.3. The number of likely N-dealkylation sites (tertiary alicyclic amines) is 1. The lowest BCUT2D eigenvalue weighted by Gasteiger charge is -2.51. The van der Waals surface area contributed by atoms with Crippen LogP contribution in [-0.2, 0) is 16.9 Å². The third-order valence-electron chi connectivity index (χ3n) is 7.09. The molecule has 4 aromatic rings. The van der Waals surface area contributed by atoms with Crippen LogP contribution in [0.25, 0.3) is 33.8 Å². The summed E-state index contributed by atoms with van der Waals surface area (Å²) in [5.41, 5.74) is 3.73. The first kappa shape index (κ1) is 21.8. The van der Waals surface area contributed by atoms with E-state index in [1.807, 2.05) is 48.4 Å². The SMILES string of the molecule is CCn1c(-c2cnc(C)nc2)nc2c(-c3ccc4c(c3)[C@@](C)(N3CC(C)(O)C3)C(=O)N4)ncnc21. The molecule has 6 rings (SSSR count). The molecule has 0 bridgehead atoms. The molecular formula is C25H26N8O2. The molecule has 178 valence electrons. The second kappa shape index (κ2) is 7.37. The first-order valence-electron chi connectivity index (χ1n) is 11.7. The topological polar surface area (TPSA) is 122 Å². The van der Waals surface area contributed by atoms with E-state index in [1.165, 1.54) is 0 Å². The van der Waals surface area contributed by atoms with Crippen LogP contribution in [0.2, 0.25) is 0 Å².